The van der Waals surface area contributed by atoms with Crippen molar-refractivity contribution in [1.82, 2.24) is 10.2 Å². The van der Waals surface area contributed by atoms with Gasteiger partial charge in [-0.05, 0) is 18.6 Å². The van der Waals surface area contributed by atoms with Gasteiger partial charge in [-0.25, -0.2) is 12.8 Å². The van der Waals surface area contributed by atoms with Gasteiger partial charge in [0, 0.05) is 13.1 Å². The first-order chi connectivity index (χ1) is 10.7. The standard InChI is InChI=1S/C14H16ClFN2O4S/c1-18(9-5-6-23(21,22)8-9)12(19)7-17-14(20)13-10(15)3-2-4-11(13)16/h2-4,9H,5-8H2,1H3,(H,17,20). The molecule has 1 aliphatic rings. The summed E-state index contributed by atoms with van der Waals surface area (Å²) in [6.07, 6.45) is 0.373. The number of hydrogen-bond acceptors (Lipinski definition) is 4. The van der Waals surface area contributed by atoms with Crippen molar-refractivity contribution in [1.29, 1.82) is 0 Å². The Morgan fingerprint density at radius 1 is 1.43 bits per heavy atom. The number of nitrogens with zero attached hydrogens (tertiary/aromatic N) is 1. The van der Waals surface area contributed by atoms with E-state index >= 15 is 0 Å². The van der Waals surface area contributed by atoms with Gasteiger partial charge in [-0.15, -0.1) is 0 Å². The molecule has 126 valence electrons. The molecule has 0 aromatic heterocycles. The molecule has 1 aromatic carbocycles. The number of likely N-dealkylation sites (N-methyl/N-ethyl adjacent to an activating group) is 1. The van der Waals surface area contributed by atoms with Crippen molar-refractivity contribution in [3.8, 4) is 0 Å². The van der Waals surface area contributed by atoms with Gasteiger partial charge in [0.1, 0.15) is 5.82 Å². The molecule has 1 unspecified atom stereocenters. The van der Waals surface area contributed by atoms with Crippen LogP contribution in [0.3, 0.4) is 0 Å². The lowest BCUT2D eigenvalue weighted by atomic mass is 10.2. The van der Waals surface area contributed by atoms with E-state index in [4.69, 9.17) is 11.6 Å². The molecule has 1 aliphatic heterocycles. The van der Waals surface area contributed by atoms with Gasteiger partial charge in [0.25, 0.3) is 5.91 Å². The maximum Gasteiger partial charge on any atom is 0.256 e. The van der Waals surface area contributed by atoms with Crippen molar-refractivity contribution < 1.29 is 22.4 Å². The van der Waals surface area contributed by atoms with Crippen molar-refractivity contribution in [2.24, 2.45) is 0 Å². The van der Waals surface area contributed by atoms with Crippen molar-refractivity contribution in [2.75, 3.05) is 25.1 Å². The van der Waals surface area contributed by atoms with E-state index in [9.17, 15) is 22.4 Å². The minimum absolute atomic E-state index is 0.0481. The Bertz CT molecular complexity index is 718. The van der Waals surface area contributed by atoms with Crippen LogP contribution in [0.1, 0.15) is 16.8 Å². The molecule has 1 heterocycles. The first kappa shape index (κ1) is 17.7. The number of sulfone groups is 1. The molecule has 0 spiro atoms. The molecule has 1 saturated heterocycles. The summed E-state index contributed by atoms with van der Waals surface area (Å²) in [5.41, 5.74) is -0.326. The normalized spacial score (nSPS) is 19.3. The number of rotatable bonds is 4. The molecule has 1 N–H and O–H groups in total. The van der Waals surface area contributed by atoms with Crippen LogP contribution in [0.5, 0.6) is 0 Å². The second-order valence-electron chi connectivity index (χ2n) is 5.34. The fourth-order valence-corrected chi connectivity index (χ4v) is 4.39. The highest BCUT2D eigenvalue weighted by molar-refractivity contribution is 7.91. The molecule has 0 bridgehead atoms. The molecular formula is C14H16ClFN2O4S. The minimum Gasteiger partial charge on any atom is -0.343 e. The Morgan fingerprint density at radius 2 is 2.13 bits per heavy atom. The fourth-order valence-electron chi connectivity index (χ4n) is 2.37. The van der Waals surface area contributed by atoms with Gasteiger partial charge in [-0.2, -0.15) is 0 Å². The lowest BCUT2D eigenvalue weighted by Crippen LogP contribution is -2.44. The third kappa shape index (κ3) is 4.20. The highest BCUT2D eigenvalue weighted by atomic mass is 35.5. The largest absolute Gasteiger partial charge is 0.343 e. The molecule has 0 radical (unpaired) electrons. The lowest BCUT2D eigenvalue weighted by molar-refractivity contribution is -0.130. The van der Waals surface area contributed by atoms with Crippen LogP contribution < -0.4 is 5.32 Å². The summed E-state index contributed by atoms with van der Waals surface area (Å²) in [6, 6.07) is 3.43. The SMILES string of the molecule is CN(C(=O)CNC(=O)c1c(F)cccc1Cl)C1CCS(=O)(=O)C1. The lowest BCUT2D eigenvalue weighted by Gasteiger charge is -2.23. The number of nitrogens with one attached hydrogen (secondary N) is 1. The molecule has 0 saturated carbocycles. The van der Waals surface area contributed by atoms with Gasteiger partial charge in [-0.1, -0.05) is 17.7 Å². The van der Waals surface area contributed by atoms with Crippen LogP contribution >= 0.6 is 11.6 Å². The molecule has 1 atom stereocenters. The topological polar surface area (TPSA) is 83.6 Å². The van der Waals surface area contributed by atoms with E-state index in [1.165, 1.54) is 24.1 Å². The number of halogens is 2. The average molecular weight is 363 g/mol. The molecular weight excluding hydrogens is 347 g/mol. The van der Waals surface area contributed by atoms with Crippen molar-refractivity contribution >= 4 is 33.3 Å². The molecule has 2 amide bonds. The Morgan fingerprint density at radius 3 is 2.70 bits per heavy atom. The van der Waals surface area contributed by atoms with E-state index < -0.39 is 33.5 Å². The summed E-state index contributed by atoms with van der Waals surface area (Å²) < 4.78 is 36.5. The van der Waals surface area contributed by atoms with Gasteiger partial charge >= 0.3 is 0 Å². The van der Waals surface area contributed by atoms with Crippen LogP contribution in [0.2, 0.25) is 5.02 Å². The Kier molecular flexibility index (Phi) is 5.26. The molecule has 1 fully saturated rings. The van der Waals surface area contributed by atoms with Crippen LogP contribution in [0, 0.1) is 5.82 Å². The van der Waals surface area contributed by atoms with E-state index in [1.54, 1.807) is 0 Å². The summed E-state index contributed by atoms with van der Waals surface area (Å²) >= 11 is 5.77. The average Bonchev–Trinajstić information content (AvgIpc) is 2.84. The van der Waals surface area contributed by atoms with E-state index in [-0.39, 0.29) is 28.6 Å². The van der Waals surface area contributed by atoms with E-state index in [1.807, 2.05) is 0 Å². The molecule has 2 rings (SSSR count). The highest BCUT2D eigenvalue weighted by Crippen LogP contribution is 2.19. The predicted octanol–water partition coefficient (Wildman–Crippen LogP) is 0.854. The first-order valence-corrected chi connectivity index (χ1v) is 9.09. The maximum absolute atomic E-state index is 13.6. The summed E-state index contributed by atoms with van der Waals surface area (Å²) in [5.74, 6) is -2.06. The summed E-state index contributed by atoms with van der Waals surface area (Å²) in [7, 11) is -1.63. The van der Waals surface area contributed by atoms with Crippen molar-refractivity contribution in [3.05, 3.63) is 34.6 Å². The predicted molar refractivity (Wildman–Crippen MR) is 83.6 cm³/mol. The van der Waals surface area contributed by atoms with Crippen molar-refractivity contribution in [3.63, 3.8) is 0 Å². The summed E-state index contributed by atoms with van der Waals surface area (Å²) in [5, 5.41) is 2.25. The van der Waals surface area contributed by atoms with E-state index in [0.717, 1.165) is 6.07 Å². The van der Waals surface area contributed by atoms with Crippen LogP contribution in [0.25, 0.3) is 0 Å². The van der Waals surface area contributed by atoms with Gasteiger partial charge in [-0.3, -0.25) is 9.59 Å². The third-order valence-corrected chi connectivity index (χ3v) is 5.80. The second kappa shape index (κ2) is 6.84. The van der Waals surface area contributed by atoms with Crippen LogP contribution in [0.4, 0.5) is 4.39 Å². The minimum atomic E-state index is -3.11. The Balaban J connectivity index is 1.95. The number of carbonyl (C=O) groups is 2. The molecule has 9 heteroatoms. The third-order valence-electron chi connectivity index (χ3n) is 3.74. The van der Waals surface area contributed by atoms with E-state index in [0.29, 0.717) is 6.42 Å². The molecule has 6 nitrogen and oxygen atoms in total. The zero-order valence-electron chi connectivity index (χ0n) is 12.4. The number of benzene rings is 1. The van der Waals surface area contributed by atoms with Gasteiger partial charge in [0.15, 0.2) is 9.84 Å². The molecule has 0 aliphatic carbocycles. The molecule has 23 heavy (non-hydrogen) atoms. The second-order valence-corrected chi connectivity index (χ2v) is 7.98. The van der Waals surface area contributed by atoms with Gasteiger partial charge < -0.3 is 10.2 Å². The van der Waals surface area contributed by atoms with Crippen LogP contribution in [0.15, 0.2) is 18.2 Å². The van der Waals surface area contributed by atoms with Gasteiger partial charge in [0.05, 0.1) is 28.6 Å². The summed E-state index contributed by atoms with van der Waals surface area (Å²) in [6.45, 7) is -0.365. The monoisotopic (exact) mass is 362 g/mol. The number of hydrogen-bond donors (Lipinski definition) is 1. The van der Waals surface area contributed by atoms with Crippen molar-refractivity contribution in [2.45, 2.75) is 12.5 Å². The zero-order chi connectivity index (χ0) is 17.2. The van der Waals surface area contributed by atoms with E-state index in [2.05, 4.69) is 5.32 Å². The molecule has 1 aromatic rings. The van der Waals surface area contributed by atoms with Crippen LogP contribution in [-0.2, 0) is 14.6 Å². The number of carbonyl (C=O) groups excluding carboxylic acids is 2. The summed E-state index contributed by atoms with van der Waals surface area (Å²) in [4.78, 5) is 25.3. The maximum atomic E-state index is 13.6. The Labute approximate surface area is 138 Å². The van der Waals surface area contributed by atoms with Crippen LogP contribution in [-0.4, -0.2) is 56.3 Å². The van der Waals surface area contributed by atoms with Gasteiger partial charge in [0.2, 0.25) is 5.91 Å². The quantitative estimate of drug-likeness (QED) is 0.860. The highest BCUT2D eigenvalue weighted by Gasteiger charge is 2.32. The smallest absolute Gasteiger partial charge is 0.256 e. The Hall–Kier alpha value is -1.67. The fraction of sp³-hybridized carbons (Fsp3) is 0.429. The number of amides is 2. The zero-order valence-corrected chi connectivity index (χ0v) is 14.0. The first-order valence-electron chi connectivity index (χ1n) is 6.89.